The van der Waals surface area contributed by atoms with Crippen molar-refractivity contribution in [1.29, 1.82) is 0 Å². The maximum atomic E-state index is 13.0. The average molecular weight is 304 g/mol. The Hall–Kier alpha value is -1.00. The van der Waals surface area contributed by atoms with Gasteiger partial charge in [-0.05, 0) is 45.1 Å². The molecule has 2 aliphatic heterocycles. The van der Waals surface area contributed by atoms with E-state index in [1.165, 1.54) is 0 Å². The van der Waals surface area contributed by atoms with Crippen LogP contribution in [-0.2, 0) is 0 Å². The Morgan fingerprint density at radius 1 is 1.19 bits per heavy atom. The quantitative estimate of drug-likeness (QED) is 0.802. The van der Waals surface area contributed by atoms with E-state index in [1.54, 1.807) is 11.8 Å². The molecule has 21 heavy (non-hydrogen) atoms. The molecule has 2 aliphatic rings. The number of likely N-dealkylation sites (tertiary alicyclic amines) is 1. The molecular weight excluding hydrogens is 280 g/mol. The van der Waals surface area contributed by atoms with Crippen molar-refractivity contribution in [3.05, 3.63) is 29.8 Å². The first-order valence-corrected chi connectivity index (χ1v) is 9.04. The molecule has 0 saturated carbocycles. The fraction of sp³-hybridized carbons (Fsp3) is 0.588. The van der Waals surface area contributed by atoms with E-state index in [-0.39, 0.29) is 5.91 Å². The SMILES string of the molecule is CSc1ccccc1C(=O)N1C2CCC1CN(C(C)C)C2. The molecule has 2 unspecified atom stereocenters. The summed E-state index contributed by atoms with van der Waals surface area (Å²) in [6, 6.07) is 9.37. The summed E-state index contributed by atoms with van der Waals surface area (Å²) in [6.07, 6.45) is 4.35. The lowest BCUT2D eigenvalue weighted by molar-refractivity contribution is 0.0346. The van der Waals surface area contributed by atoms with Gasteiger partial charge in [-0.15, -0.1) is 11.8 Å². The zero-order valence-corrected chi connectivity index (χ0v) is 13.9. The van der Waals surface area contributed by atoms with Crippen molar-refractivity contribution in [2.24, 2.45) is 0 Å². The van der Waals surface area contributed by atoms with Gasteiger partial charge in [0.1, 0.15) is 0 Å². The first-order chi connectivity index (χ1) is 10.1. The minimum absolute atomic E-state index is 0.232. The smallest absolute Gasteiger partial charge is 0.255 e. The maximum absolute atomic E-state index is 13.0. The van der Waals surface area contributed by atoms with Crippen LogP contribution in [0.15, 0.2) is 29.2 Å². The van der Waals surface area contributed by atoms with Crippen LogP contribution < -0.4 is 0 Å². The van der Waals surface area contributed by atoms with Gasteiger partial charge in [0.2, 0.25) is 0 Å². The molecule has 1 amide bonds. The van der Waals surface area contributed by atoms with Gasteiger partial charge in [-0.1, -0.05) is 12.1 Å². The molecule has 1 aromatic rings. The van der Waals surface area contributed by atoms with Gasteiger partial charge in [0.25, 0.3) is 5.91 Å². The predicted molar refractivity (Wildman–Crippen MR) is 87.9 cm³/mol. The lowest BCUT2D eigenvalue weighted by Gasteiger charge is -2.43. The number of rotatable bonds is 3. The van der Waals surface area contributed by atoms with Crippen LogP contribution in [0, 0.1) is 0 Å². The Kier molecular flexibility index (Phi) is 4.27. The first-order valence-electron chi connectivity index (χ1n) is 7.81. The van der Waals surface area contributed by atoms with Crippen molar-refractivity contribution in [2.45, 2.75) is 49.7 Å². The standard InChI is InChI=1S/C17H24N2OS/c1-12(2)18-10-13-8-9-14(11-18)19(13)17(20)15-6-4-5-7-16(15)21-3/h4-7,12-14H,8-11H2,1-3H3. The highest BCUT2D eigenvalue weighted by Crippen LogP contribution is 2.33. The molecular formula is C17H24N2OS. The second-order valence-corrected chi connectivity index (χ2v) is 7.19. The van der Waals surface area contributed by atoms with Crippen LogP contribution in [0.5, 0.6) is 0 Å². The van der Waals surface area contributed by atoms with Crippen molar-refractivity contribution >= 4 is 17.7 Å². The molecule has 0 N–H and O–H groups in total. The molecule has 2 heterocycles. The number of carbonyl (C=O) groups is 1. The number of amides is 1. The highest BCUT2D eigenvalue weighted by atomic mass is 32.2. The van der Waals surface area contributed by atoms with Crippen LogP contribution >= 0.6 is 11.8 Å². The zero-order chi connectivity index (χ0) is 15.0. The molecule has 0 spiro atoms. The highest BCUT2D eigenvalue weighted by molar-refractivity contribution is 7.98. The molecule has 114 valence electrons. The van der Waals surface area contributed by atoms with Gasteiger partial charge in [-0.3, -0.25) is 9.69 Å². The van der Waals surface area contributed by atoms with Crippen molar-refractivity contribution < 1.29 is 4.79 Å². The number of hydrogen-bond donors (Lipinski definition) is 0. The molecule has 3 rings (SSSR count). The third kappa shape index (κ3) is 2.71. The summed E-state index contributed by atoms with van der Waals surface area (Å²) in [5.41, 5.74) is 0.875. The predicted octanol–water partition coefficient (Wildman–Crippen LogP) is 3.11. The van der Waals surface area contributed by atoms with E-state index in [4.69, 9.17) is 0 Å². The number of piperazine rings is 1. The number of thioether (sulfide) groups is 1. The number of carbonyl (C=O) groups excluding carboxylic acids is 1. The van der Waals surface area contributed by atoms with Crippen LogP contribution in [0.3, 0.4) is 0 Å². The molecule has 4 heteroatoms. The summed E-state index contributed by atoms with van der Waals surface area (Å²) in [5.74, 6) is 0.232. The van der Waals surface area contributed by atoms with Gasteiger partial charge in [0, 0.05) is 36.1 Å². The Morgan fingerprint density at radius 3 is 2.38 bits per heavy atom. The maximum Gasteiger partial charge on any atom is 0.255 e. The van der Waals surface area contributed by atoms with Crippen molar-refractivity contribution in [1.82, 2.24) is 9.80 Å². The van der Waals surface area contributed by atoms with Gasteiger partial charge in [-0.2, -0.15) is 0 Å². The zero-order valence-electron chi connectivity index (χ0n) is 13.1. The van der Waals surface area contributed by atoms with Crippen molar-refractivity contribution in [3.8, 4) is 0 Å². The van der Waals surface area contributed by atoms with Crippen LogP contribution in [-0.4, -0.2) is 53.2 Å². The van der Waals surface area contributed by atoms with Crippen LogP contribution in [0.1, 0.15) is 37.0 Å². The van der Waals surface area contributed by atoms with E-state index in [2.05, 4.69) is 23.6 Å². The fourth-order valence-corrected chi connectivity index (χ4v) is 4.24. The Balaban J connectivity index is 1.83. The summed E-state index contributed by atoms with van der Waals surface area (Å²) in [5, 5.41) is 0. The van der Waals surface area contributed by atoms with Gasteiger partial charge in [-0.25, -0.2) is 0 Å². The van der Waals surface area contributed by atoms with E-state index >= 15 is 0 Å². The molecule has 2 atom stereocenters. The minimum atomic E-state index is 0.232. The van der Waals surface area contributed by atoms with E-state index in [0.29, 0.717) is 18.1 Å². The van der Waals surface area contributed by atoms with Crippen molar-refractivity contribution in [2.75, 3.05) is 19.3 Å². The Morgan fingerprint density at radius 2 is 1.81 bits per heavy atom. The average Bonchev–Trinajstić information content (AvgIpc) is 2.76. The number of benzene rings is 1. The minimum Gasteiger partial charge on any atom is -0.330 e. The number of hydrogen-bond acceptors (Lipinski definition) is 3. The second kappa shape index (κ2) is 6.01. The summed E-state index contributed by atoms with van der Waals surface area (Å²) in [4.78, 5) is 18.8. The van der Waals surface area contributed by atoms with Gasteiger partial charge < -0.3 is 4.90 Å². The van der Waals surface area contributed by atoms with Gasteiger partial charge in [0.15, 0.2) is 0 Å². The third-order valence-corrected chi connectivity index (χ3v) is 5.61. The normalized spacial score (nSPS) is 25.6. The van der Waals surface area contributed by atoms with Crippen LogP contribution in [0.25, 0.3) is 0 Å². The largest absolute Gasteiger partial charge is 0.330 e. The van der Waals surface area contributed by atoms with Gasteiger partial charge >= 0.3 is 0 Å². The van der Waals surface area contributed by atoms with E-state index in [1.807, 2.05) is 30.5 Å². The molecule has 0 aromatic heterocycles. The number of nitrogens with zero attached hydrogens (tertiary/aromatic N) is 2. The van der Waals surface area contributed by atoms with Crippen LogP contribution in [0.2, 0.25) is 0 Å². The summed E-state index contributed by atoms with van der Waals surface area (Å²) >= 11 is 1.66. The first kappa shape index (κ1) is 14.9. The molecule has 1 aromatic carbocycles. The summed E-state index contributed by atoms with van der Waals surface area (Å²) < 4.78 is 0. The third-order valence-electron chi connectivity index (χ3n) is 4.81. The fourth-order valence-electron chi connectivity index (χ4n) is 3.65. The van der Waals surface area contributed by atoms with Crippen molar-refractivity contribution in [3.63, 3.8) is 0 Å². The molecule has 2 fully saturated rings. The molecule has 3 nitrogen and oxygen atoms in total. The molecule has 2 bridgehead atoms. The second-order valence-electron chi connectivity index (χ2n) is 6.35. The Labute approximate surface area is 131 Å². The molecule has 0 radical (unpaired) electrons. The van der Waals surface area contributed by atoms with Crippen LogP contribution in [0.4, 0.5) is 0 Å². The summed E-state index contributed by atoms with van der Waals surface area (Å²) in [7, 11) is 0. The number of fused-ring (bicyclic) bond motifs is 2. The highest BCUT2D eigenvalue weighted by Gasteiger charge is 2.43. The summed E-state index contributed by atoms with van der Waals surface area (Å²) in [6.45, 7) is 6.56. The van der Waals surface area contributed by atoms with E-state index < -0.39 is 0 Å². The molecule has 2 saturated heterocycles. The topological polar surface area (TPSA) is 23.6 Å². The van der Waals surface area contributed by atoms with Gasteiger partial charge in [0.05, 0.1) is 5.56 Å². The lowest BCUT2D eigenvalue weighted by atomic mass is 10.1. The lowest BCUT2D eigenvalue weighted by Crippen LogP contribution is -2.57. The van der Waals surface area contributed by atoms with E-state index in [0.717, 1.165) is 36.4 Å². The molecule has 0 aliphatic carbocycles. The Bertz CT molecular complexity index is 517. The monoisotopic (exact) mass is 304 g/mol. The van der Waals surface area contributed by atoms with E-state index in [9.17, 15) is 4.79 Å².